The van der Waals surface area contributed by atoms with Crippen LogP contribution in [0.25, 0.3) is 0 Å². The topological polar surface area (TPSA) is 0 Å². The first-order valence-electron chi connectivity index (χ1n) is 13.5. The first-order valence-corrected chi connectivity index (χ1v) is 13.5. The highest BCUT2D eigenvalue weighted by atomic mass is 14.1. The molecule has 0 bridgehead atoms. The van der Waals surface area contributed by atoms with Crippen molar-refractivity contribution in [3.05, 3.63) is 47.0 Å². The molecule has 30 heavy (non-hydrogen) atoms. The minimum absolute atomic E-state index is 1.26. The van der Waals surface area contributed by atoms with Crippen molar-refractivity contribution in [1.82, 2.24) is 0 Å². The molecule has 0 fully saturated rings. The van der Waals surface area contributed by atoms with E-state index in [1.54, 1.807) is 5.56 Å². The monoisotopic (exact) mass is 412 g/mol. The lowest BCUT2D eigenvalue weighted by atomic mass is 9.98. The standard InChI is InChI=1S/C30H52/c1-4-5-6-7-8-9-10-11-12-13-14-15-16-17-18-19-20-21-22-23-26-30-27-24-25-28(2)29(30)3/h11-12,24-25,27H,4-10,13-23,26H2,1-3H3/b12-11-. The van der Waals surface area contributed by atoms with E-state index < -0.39 is 0 Å². The smallest absolute Gasteiger partial charge is 0.0276 e. The van der Waals surface area contributed by atoms with E-state index in [1.807, 2.05) is 0 Å². The predicted octanol–water partition coefficient (Wildman–Crippen LogP) is 10.4. The van der Waals surface area contributed by atoms with E-state index in [0.717, 1.165) is 0 Å². The van der Waals surface area contributed by atoms with Gasteiger partial charge in [0.15, 0.2) is 0 Å². The maximum absolute atomic E-state index is 2.43. The zero-order chi connectivity index (χ0) is 21.7. The number of allylic oxidation sites excluding steroid dienone is 2. The minimum Gasteiger partial charge on any atom is -0.0885 e. The van der Waals surface area contributed by atoms with Gasteiger partial charge in [-0.05, 0) is 69.1 Å². The van der Waals surface area contributed by atoms with Crippen LogP contribution in [0.15, 0.2) is 30.4 Å². The van der Waals surface area contributed by atoms with Crippen molar-refractivity contribution in [3.8, 4) is 0 Å². The van der Waals surface area contributed by atoms with Crippen LogP contribution in [-0.2, 0) is 6.42 Å². The second-order valence-corrected chi connectivity index (χ2v) is 9.46. The average molecular weight is 413 g/mol. The van der Waals surface area contributed by atoms with Crippen LogP contribution < -0.4 is 0 Å². The van der Waals surface area contributed by atoms with Crippen molar-refractivity contribution in [2.45, 2.75) is 143 Å². The molecular formula is C30H52. The summed E-state index contributed by atoms with van der Waals surface area (Å²) in [6.07, 6.45) is 31.4. The molecule has 0 aliphatic carbocycles. The molecule has 0 atom stereocenters. The molecule has 0 aliphatic heterocycles. The third-order valence-corrected chi connectivity index (χ3v) is 6.67. The van der Waals surface area contributed by atoms with Gasteiger partial charge < -0.3 is 0 Å². The van der Waals surface area contributed by atoms with E-state index in [0.29, 0.717) is 0 Å². The van der Waals surface area contributed by atoms with Crippen LogP contribution in [0.1, 0.15) is 139 Å². The maximum Gasteiger partial charge on any atom is -0.0276 e. The predicted molar refractivity (Wildman–Crippen MR) is 138 cm³/mol. The quantitative estimate of drug-likeness (QED) is 0.147. The van der Waals surface area contributed by atoms with E-state index >= 15 is 0 Å². The summed E-state index contributed by atoms with van der Waals surface area (Å²) in [5.41, 5.74) is 4.51. The van der Waals surface area contributed by atoms with Gasteiger partial charge >= 0.3 is 0 Å². The Hall–Kier alpha value is -1.04. The molecule has 0 saturated carbocycles. The lowest BCUT2D eigenvalue weighted by Crippen LogP contribution is -1.92. The van der Waals surface area contributed by atoms with Crippen LogP contribution in [0.2, 0.25) is 0 Å². The molecule has 0 heteroatoms. The highest BCUT2D eigenvalue weighted by Gasteiger charge is 2.00. The third kappa shape index (κ3) is 14.9. The maximum atomic E-state index is 2.43. The first-order chi connectivity index (χ1) is 14.8. The van der Waals surface area contributed by atoms with Crippen molar-refractivity contribution in [2.75, 3.05) is 0 Å². The summed E-state index contributed by atoms with van der Waals surface area (Å²) in [5, 5.41) is 0. The molecule has 0 saturated heterocycles. The Morgan fingerprint density at radius 3 is 1.57 bits per heavy atom. The second kappa shape index (κ2) is 19.9. The van der Waals surface area contributed by atoms with Gasteiger partial charge in [0.25, 0.3) is 0 Å². The van der Waals surface area contributed by atoms with Crippen molar-refractivity contribution >= 4 is 0 Å². The summed E-state index contributed by atoms with van der Waals surface area (Å²) < 4.78 is 0. The summed E-state index contributed by atoms with van der Waals surface area (Å²) in [4.78, 5) is 0. The van der Waals surface area contributed by atoms with Crippen LogP contribution in [-0.4, -0.2) is 0 Å². The Morgan fingerprint density at radius 1 is 0.567 bits per heavy atom. The minimum atomic E-state index is 1.26. The van der Waals surface area contributed by atoms with Crippen LogP contribution in [0, 0.1) is 13.8 Å². The highest BCUT2D eigenvalue weighted by molar-refractivity contribution is 5.33. The van der Waals surface area contributed by atoms with Gasteiger partial charge in [-0.15, -0.1) is 0 Å². The van der Waals surface area contributed by atoms with Gasteiger partial charge in [-0.3, -0.25) is 0 Å². The summed E-state index contributed by atoms with van der Waals surface area (Å²) >= 11 is 0. The number of hydrogen-bond donors (Lipinski definition) is 0. The van der Waals surface area contributed by atoms with Gasteiger partial charge in [0.2, 0.25) is 0 Å². The zero-order valence-corrected chi connectivity index (χ0v) is 20.8. The zero-order valence-electron chi connectivity index (χ0n) is 20.8. The highest BCUT2D eigenvalue weighted by Crippen LogP contribution is 2.17. The fraction of sp³-hybridized carbons (Fsp3) is 0.733. The van der Waals surface area contributed by atoms with Crippen molar-refractivity contribution in [2.24, 2.45) is 0 Å². The Balaban J connectivity index is 1.78. The van der Waals surface area contributed by atoms with Crippen molar-refractivity contribution in [3.63, 3.8) is 0 Å². The van der Waals surface area contributed by atoms with Gasteiger partial charge in [0, 0.05) is 0 Å². The van der Waals surface area contributed by atoms with E-state index in [2.05, 4.69) is 51.1 Å². The van der Waals surface area contributed by atoms with Crippen molar-refractivity contribution in [1.29, 1.82) is 0 Å². The fourth-order valence-electron chi connectivity index (χ4n) is 4.35. The first kappa shape index (κ1) is 27.0. The second-order valence-electron chi connectivity index (χ2n) is 9.46. The molecule has 0 radical (unpaired) electrons. The molecule has 0 amide bonds. The normalized spacial score (nSPS) is 11.6. The summed E-state index contributed by atoms with van der Waals surface area (Å²) in [6.45, 7) is 6.80. The molecule has 1 rings (SSSR count). The Labute approximate surface area is 190 Å². The lowest BCUT2D eigenvalue weighted by Gasteiger charge is -2.08. The SMILES string of the molecule is CCCCCCCC/C=C\CCCCCCCCCCCCc1cccc(C)c1C. The molecule has 0 heterocycles. The van der Waals surface area contributed by atoms with E-state index in [1.165, 1.54) is 133 Å². The summed E-state index contributed by atoms with van der Waals surface area (Å²) in [7, 11) is 0. The Morgan fingerprint density at radius 2 is 1.03 bits per heavy atom. The molecule has 0 unspecified atom stereocenters. The summed E-state index contributed by atoms with van der Waals surface area (Å²) in [6, 6.07) is 6.75. The van der Waals surface area contributed by atoms with Crippen LogP contribution in [0.4, 0.5) is 0 Å². The van der Waals surface area contributed by atoms with Gasteiger partial charge in [0.05, 0.1) is 0 Å². The molecule has 172 valence electrons. The largest absolute Gasteiger partial charge is 0.0885 e. The fourth-order valence-corrected chi connectivity index (χ4v) is 4.35. The summed E-state index contributed by atoms with van der Waals surface area (Å²) in [5.74, 6) is 0. The van der Waals surface area contributed by atoms with E-state index in [4.69, 9.17) is 0 Å². The van der Waals surface area contributed by atoms with Crippen LogP contribution in [0.3, 0.4) is 0 Å². The molecule has 0 nitrogen and oxygen atoms in total. The number of aryl methyl sites for hydroxylation is 2. The van der Waals surface area contributed by atoms with Gasteiger partial charge in [0.1, 0.15) is 0 Å². The molecule has 0 aromatic heterocycles. The van der Waals surface area contributed by atoms with Gasteiger partial charge in [-0.25, -0.2) is 0 Å². The number of benzene rings is 1. The number of hydrogen-bond acceptors (Lipinski definition) is 0. The van der Waals surface area contributed by atoms with E-state index in [-0.39, 0.29) is 0 Å². The molecule has 0 spiro atoms. The molecule has 1 aromatic carbocycles. The van der Waals surface area contributed by atoms with Gasteiger partial charge in [-0.1, -0.05) is 121 Å². The Kier molecular flexibility index (Phi) is 17.9. The molecular weight excluding hydrogens is 360 g/mol. The molecule has 0 N–H and O–H groups in total. The average Bonchev–Trinajstić information content (AvgIpc) is 2.75. The molecule has 1 aromatic rings. The van der Waals surface area contributed by atoms with E-state index in [9.17, 15) is 0 Å². The van der Waals surface area contributed by atoms with Gasteiger partial charge in [-0.2, -0.15) is 0 Å². The number of rotatable bonds is 20. The lowest BCUT2D eigenvalue weighted by molar-refractivity contribution is 0.552. The molecule has 0 aliphatic rings. The van der Waals surface area contributed by atoms with Crippen LogP contribution in [0.5, 0.6) is 0 Å². The van der Waals surface area contributed by atoms with Crippen molar-refractivity contribution < 1.29 is 0 Å². The Bertz CT molecular complexity index is 525. The van der Waals surface area contributed by atoms with Crippen LogP contribution >= 0.6 is 0 Å². The third-order valence-electron chi connectivity index (χ3n) is 6.67. The number of unbranched alkanes of at least 4 members (excludes halogenated alkanes) is 16.